The van der Waals surface area contributed by atoms with Gasteiger partial charge in [-0.2, -0.15) is 0 Å². The Kier molecular flexibility index (Phi) is 3.28. The molecule has 3 aliphatic heterocycles. The Hall–Kier alpha value is -1.77. The number of hydrogen-bond acceptors (Lipinski definition) is 3. The van der Waals surface area contributed by atoms with Crippen molar-refractivity contribution in [2.45, 2.75) is 19.3 Å². The van der Waals surface area contributed by atoms with Crippen LogP contribution in [0.4, 0.5) is 0 Å². The standard InChI is InChI=1S/C16H19NO2/c1-19-15-4-2-3-13(10-15)16(18)11-14-9-12-5-7-17(14)8-6-12/h2-4,10-12H,5-9H2,1H3/b14-11+. The van der Waals surface area contributed by atoms with E-state index in [4.69, 9.17) is 4.74 Å². The van der Waals surface area contributed by atoms with Crippen molar-refractivity contribution in [2.24, 2.45) is 5.92 Å². The Balaban J connectivity index is 1.80. The van der Waals surface area contributed by atoms with E-state index in [1.807, 2.05) is 24.3 Å². The van der Waals surface area contributed by atoms with Gasteiger partial charge in [-0.25, -0.2) is 0 Å². The maximum atomic E-state index is 12.3. The molecule has 2 bridgehead atoms. The Morgan fingerprint density at radius 3 is 2.79 bits per heavy atom. The molecule has 3 fully saturated rings. The van der Waals surface area contributed by atoms with Gasteiger partial charge in [-0.15, -0.1) is 0 Å². The number of rotatable bonds is 3. The zero-order valence-electron chi connectivity index (χ0n) is 11.3. The first-order chi connectivity index (χ1) is 9.26. The second-order valence-electron chi connectivity index (χ2n) is 5.37. The zero-order valence-corrected chi connectivity index (χ0v) is 11.3. The van der Waals surface area contributed by atoms with Crippen molar-refractivity contribution in [3.63, 3.8) is 0 Å². The third-order valence-corrected chi connectivity index (χ3v) is 4.17. The minimum atomic E-state index is 0.0847. The van der Waals surface area contributed by atoms with E-state index in [0.717, 1.165) is 31.2 Å². The number of allylic oxidation sites excluding steroid dienone is 2. The molecule has 100 valence electrons. The summed E-state index contributed by atoms with van der Waals surface area (Å²) < 4.78 is 5.16. The lowest BCUT2D eigenvalue weighted by Gasteiger charge is -2.42. The van der Waals surface area contributed by atoms with Crippen LogP contribution in [0.3, 0.4) is 0 Å². The molecular formula is C16H19NO2. The van der Waals surface area contributed by atoms with E-state index in [9.17, 15) is 4.79 Å². The highest BCUT2D eigenvalue weighted by atomic mass is 16.5. The van der Waals surface area contributed by atoms with Gasteiger partial charge in [0.1, 0.15) is 5.75 Å². The van der Waals surface area contributed by atoms with Gasteiger partial charge in [0.25, 0.3) is 0 Å². The molecule has 0 radical (unpaired) electrons. The number of ether oxygens (including phenoxy) is 1. The number of carbonyl (C=O) groups is 1. The van der Waals surface area contributed by atoms with Gasteiger partial charge in [0.15, 0.2) is 5.78 Å². The van der Waals surface area contributed by atoms with Crippen molar-refractivity contribution in [1.82, 2.24) is 4.90 Å². The van der Waals surface area contributed by atoms with Gasteiger partial charge in [0, 0.05) is 30.4 Å². The van der Waals surface area contributed by atoms with Crippen LogP contribution >= 0.6 is 0 Å². The molecule has 1 aromatic carbocycles. The van der Waals surface area contributed by atoms with Gasteiger partial charge in [-0.3, -0.25) is 4.79 Å². The van der Waals surface area contributed by atoms with Crippen molar-refractivity contribution in [3.8, 4) is 5.75 Å². The van der Waals surface area contributed by atoms with Crippen molar-refractivity contribution in [3.05, 3.63) is 41.6 Å². The third kappa shape index (κ3) is 2.50. The number of fused-ring (bicyclic) bond motifs is 3. The normalized spacial score (nSPS) is 20.9. The average Bonchev–Trinajstić information content (AvgIpc) is 2.48. The van der Waals surface area contributed by atoms with Crippen LogP contribution in [0.2, 0.25) is 0 Å². The first kappa shape index (κ1) is 12.3. The molecule has 3 saturated heterocycles. The van der Waals surface area contributed by atoms with E-state index in [0.29, 0.717) is 5.56 Å². The Labute approximate surface area is 113 Å². The molecule has 4 rings (SSSR count). The summed E-state index contributed by atoms with van der Waals surface area (Å²) in [6, 6.07) is 7.36. The fourth-order valence-corrected chi connectivity index (χ4v) is 3.01. The van der Waals surface area contributed by atoms with Crippen molar-refractivity contribution >= 4 is 5.78 Å². The first-order valence-electron chi connectivity index (χ1n) is 6.90. The van der Waals surface area contributed by atoms with E-state index in [-0.39, 0.29) is 5.78 Å². The molecule has 0 aliphatic carbocycles. The fraction of sp³-hybridized carbons (Fsp3) is 0.438. The van der Waals surface area contributed by atoms with Crippen LogP contribution in [0.5, 0.6) is 5.75 Å². The lowest BCUT2D eigenvalue weighted by molar-refractivity contribution is 0.103. The topological polar surface area (TPSA) is 29.5 Å². The van der Waals surface area contributed by atoms with Gasteiger partial charge in [0.05, 0.1) is 7.11 Å². The van der Waals surface area contributed by atoms with E-state index < -0.39 is 0 Å². The Bertz CT molecular complexity index is 513. The average molecular weight is 257 g/mol. The molecule has 0 saturated carbocycles. The molecule has 0 unspecified atom stereocenters. The Morgan fingerprint density at radius 2 is 2.16 bits per heavy atom. The van der Waals surface area contributed by atoms with Crippen LogP contribution in [0.1, 0.15) is 29.6 Å². The molecule has 0 amide bonds. The number of piperidine rings is 3. The largest absolute Gasteiger partial charge is 0.497 e. The van der Waals surface area contributed by atoms with Crippen molar-refractivity contribution in [2.75, 3.05) is 20.2 Å². The highest BCUT2D eigenvalue weighted by molar-refractivity contribution is 6.05. The SMILES string of the molecule is COc1cccc(C(=O)/C=C2\CC3CCN2CC3)c1. The van der Waals surface area contributed by atoms with E-state index in [1.54, 1.807) is 13.2 Å². The second kappa shape index (κ2) is 5.08. The maximum absolute atomic E-state index is 12.3. The van der Waals surface area contributed by atoms with Crippen molar-refractivity contribution < 1.29 is 9.53 Å². The second-order valence-corrected chi connectivity index (χ2v) is 5.37. The summed E-state index contributed by atoms with van der Waals surface area (Å²) in [7, 11) is 1.62. The molecule has 1 aromatic rings. The smallest absolute Gasteiger partial charge is 0.187 e. The number of hydrogen-bond donors (Lipinski definition) is 0. The van der Waals surface area contributed by atoms with Crippen LogP contribution in [-0.2, 0) is 0 Å². The van der Waals surface area contributed by atoms with Crippen LogP contribution in [0.15, 0.2) is 36.0 Å². The fourth-order valence-electron chi connectivity index (χ4n) is 3.01. The van der Waals surface area contributed by atoms with Crippen LogP contribution in [0, 0.1) is 5.92 Å². The summed E-state index contributed by atoms with van der Waals surface area (Å²) in [5.74, 6) is 1.60. The summed E-state index contributed by atoms with van der Waals surface area (Å²) in [6.07, 6.45) is 5.45. The number of methoxy groups -OCH3 is 1. The van der Waals surface area contributed by atoms with Crippen LogP contribution < -0.4 is 4.74 Å². The number of benzene rings is 1. The summed E-state index contributed by atoms with van der Waals surface area (Å²) >= 11 is 0. The lowest BCUT2D eigenvalue weighted by Crippen LogP contribution is -2.39. The summed E-state index contributed by atoms with van der Waals surface area (Å²) in [4.78, 5) is 14.7. The van der Waals surface area contributed by atoms with Crippen LogP contribution in [-0.4, -0.2) is 30.9 Å². The Morgan fingerprint density at radius 1 is 1.37 bits per heavy atom. The van der Waals surface area contributed by atoms with Gasteiger partial charge in [0.2, 0.25) is 0 Å². The minimum Gasteiger partial charge on any atom is -0.497 e. The van der Waals surface area contributed by atoms with Crippen LogP contribution in [0.25, 0.3) is 0 Å². The molecular weight excluding hydrogens is 238 g/mol. The van der Waals surface area contributed by atoms with Crippen molar-refractivity contribution in [1.29, 1.82) is 0 Å². The van der Waals surface area contributed by atoms with Gasteiger partial charge >= 0.3 is 0 Å². The molecule has 3 aliphatic rings. The molecule has 3 heteroatoms. The molecule has 0 N–H and O–H groups in total. The summed E-state index contributed by atoms with van der Waals surface area (Å²) in [5, 5.41) is 0. The molecule has 3 nitrogen and oxygen atoms in total. The van der Waals surface area contributed by atoms with E-state index in [2.05, 4.69) is 4.90 Å². The maximum Gasteiger partial charge on any atom is 0.187 e. The zero-order chi connectivity index (χ0) is 13.2. The van der Waals surface area contributed by atoms with Gasteiger partial charge in [-0.1, -0.05) is 12.1 Å². The van der Waals surface area contributed by atoms with Gasteiger partial charge < -0.3 is 9.64 Å². The highest BCUT2D eigenvalue weighted by Crippen LogP contribution is 2.34. The monoisotopic (exact) mass is 257 g/mol. The predicted octanol–water partition coefficient (Wildman–Crippen LogP) is 2.88. The molecule has 0 aromatic heterocycles. The van der Waals surface area contributed by atoms with Gasteiger partial charge in [-0.05, 0) is 37.3 Å². The molecule has 0 spiro atoms. The first-order valence-corrected chi connectivity index (χ1v) is 6.90. The number of ketones is 1. The van der Waals surface area contributed by atoms with E-state index in [1.165, 1.54) is 18.5 Å². The number of nitrogens with zero attached hydrogens (tertiary/aromatic N) is 1. The summed E-state index contributed by atoms with van der Waals surface area (Å²) in [6.45, 7) is 2.23. The summed E-state index contributed by atoms with van der Waals surface area (Å²) in [5.41, 5.74) is 1.92. The molecule has 19 heavy (non-hydrogen) atoms. The quantitative estimate of drug-likeness (QED) is 0.616. The third-order valence-electron chi connectivity index (χ3n) is 4.17. The van der Waals surface area contributed by atoms with E-state index >= 15 is 0 Å². The lowest BCUT2D eigenvalue weighted by atomic mass is 9.85. The molecule has 0 atom stereocenters. The predicted molar refractivity (Wildman–Crippen MR) is 74.3 cm³/mol. The number of carbonyl (C=O) groups excluding carboxylic acids is 1. The highest BCUT2D eigenvalue weighted by Gasteiger charge is 2.29. The molecule has 3 heterocycles. The minimum absolute atomic E-state index is 0.0847.